The summed E-state index contributed by atoms with van der Waals surface area (Å²) in [6, 6.07) is 5.08. The number of hydrogen-bond donors (Lipinski definition) is 2. The van der Waals surface area contributed by atoms with Gasteiger partial charge in [-0.1, -0.05) is 17.7 Å². The predicted octanol–water partition coefficient (Wildman–Crippen LogP) is 2.97. The van der Waals surface area contributed by atoms with Crippen LogP contribution < -0.4 is 11.1 Å². The molecule has 1 aromatic rings. The first-order chi connectivity index (χ1) is 9.48. The zero-order chi connectivity index (χ0) is 14.6. The van der Waals surface area contributed by atoms with Crippen LogP contribution >= 0.6 is 0 Å². The van der Waals surface area contributed by atoms with E-state index in [0.717, 1.165) is 13.0 Å². The second-order valence-corrected chi connectivity index (χ2v) is 7.26. The molecule has 0 spiro atoms. The van der Waals surface area contributed by atoms with Crippen LogP contribution in [0.4, 0.5) is 11.4 Å². The van der Waals surface area contributed by atoms with Gasteiger partial charge in [-0.25, -0.2) is 8.42 Å². The van der Waals surface area contributed by atoms with E-state index in [1.807, 2.05) is 6.07 Å². The number of rotatable bonds is 5. The van der Waals surface area contributed by atoms with Crippen molar-refractivity contribution in [2.45, 2.75) is 37.0 Å². The zero-order valence-corrected chi connectivity index (χ0v) is 12.7. The molecule has 20 heavy (non-hydrogen) atoms. The van der Waals surface area contributed by atoms with E-state index in [2.05, 4.69) is 11.4 Å². The summed E-state index contributed by atoms with van der Waals surface area (Å²) in [5, 5.41) is 3.24. The number of anilines is 2. The fourth-order valence-corrected chi connectivity index (χ4v) is 3.35. The summed E-state index contributed by atoms with van der Waals surface area (Å²) < 4.78 is 23.2. The van der Waals surface area contributed by atoms with Crippen molar-refractivity contribution < 1.29 is 8.42 Å². The topological polar surface area (TPSA) is 72.2 Å². The van der Waals surface area contributed by atoms with Crippen molar-refractivity contribution in [2.24, 2.45) is 0 Å². The van der Waals surface area contributed by atoms with Gasteiger partial charge in [0, 0.05) is 12.8 Å². The van der Waals surface area contributed by atoms with Crippen LogP contribution in [0.5, 0.6) is 0 Å². The van der Waals surface area contributed by atoms with Crippen molar-refractivity contribution >= 4 is 21.2 Å². The van der Waals surface area contributed by atoms with Gasteiger partial charge in [0.15, 0.2) is 9.84 Å². The largest absolute Gasteiger partial charge is 0.396 e. The fourth-order valence-electron chi connectivity index (χ4n) is 2.51. The van der Waals surface area contributed by atoms with E-state index in [-0.39, 0.29) is 4.90 Å². The van der Waals surface area contributed by atoms with Gasteiger partial charge in [-0.15, -0.1) is 0 Å². The number of hydrogen-bond acceptors (Lipinski definition) is 4. The van der Waals surface area contributed by atoms with Crippen molar-refractivity contribution in [1.29, 1.82) is 0 Å². The second-order valence-electron chi connectivity index (χ2n) is 5.27. The SMILES string of the molecule is CS(=O)(=O)c1cccc(NCCC2=CCCCC2)c1N. The molecular weight excluding hydrogens is 272 g/mol. The number of sulfone groups is 1. The van der Waals surface area contributed by atoms with Gasteiger partial charge in [0.05, 0.1) is 16.3 Å². The van der Waals surface area contributed by atoms with Gasteiger partial charge >= 0.3 is 0 Å². The molecule has 4 nitrogen and oxygen atoms in total. The lowest BCUT2D eigenvalue weighted by Gasteiger charge is -2.15. The average Bonchev–Trinajstić information content (AvgIpc) is 2.40. The number of nitrogens with one attached hydrogen (secondary N) is 1. The first-order valence-corrected chi connectivity index (χ1v) is 8.88. The molecule has 2 rings (SSSR count). The molecule has 0 saturated carbocycles. The van der Waals surface area contributed by atoms with Crippen LogP contribution in [0, 0.1) is 0 Å². The van der Waals surface area contributed by atoms with Crippen molar-refractivity contribution in [1.82, 2.24) is 0 Å². The number of allylic oxidation sites excluding steroid dienone is 1. The maximum absolute atomic E-state index is 11.6. The molecule has 0 radical (unpaired) electrons. The van der Waals surface area contributed by atoms with Crippen LogP contribution in [0.1, 0.15) is 32.1 Å². The Morgan fingerprint density at radius 3 is 2.75 bits per heavy atom. The Kier molecular flexibility index (Phi) is 4.70. The van der Waals surface area contributed by atoms with Crippen LogP contribution in [0.25, 0.3) is 0 Å². The average molecular weight is 294 g/mol. The maximum atomic E-state index is 11.6. The third-order valence-electron chi connectivity index (χ3n) is 3.61. The fraction of sp³-hybridized carbons (Fsp3) is 0.467. The number of para-hydroxylation sites is 1. The Morgan fingerprint density at radius 1 is 1.30 bits per heavy atom. The van der Waals surface area contributed by atoms with Crippen molar-refractivity contribution in [2.75, 3.05) is 23.9 Å². The highest BCUT2D eigenvalue weighted by Gasteiger charge is 2.13. The van der Waals surface area contributed by atoms with E-state index in [0.29, 0.717) is 11.4 Å². The van der Waals surface area contributed by atoms with E-state index in [1.165, 1.54) is 37.5 Å². The number of nitrogens with two attached hydrogens (primary N) is 1. The lowest BCUT2D eigenvalue weighted by Crippen LogP contribution is -2.09. The first-order valence-electron chi connectivity index (χ1n) is 6.99. The Hall–Kier alpha value is -1.49. The molecule has 0 unspecified atom stereocenters. The molecule has 1 aromatic carbocycles. The quantitative estimate of drug-likeness (QED) is 0.647. The minimum absolute atomic E-state index is 0.194. The van der Waals surface area contributed by atoms with E-state index in [1.54, 1.807) is 12.1 Å². The Bertz CT molecular complexity index is 606. The van der Waals surface area contributed by atoms with E-state index < -0.39 is 9.84 Å². The molecule has 0 fully saturated rings. The third-order valence-corrected chi connectivity index (χ3v) is 4.77. The van der Waals surface area contributed by atoms with Crippen molar-refractivity contribution in [3.05, 3.63) is 29.8 Å². The van der Waals surface area contributed by atoms with E-state index >= 15 is 0 Å². The molecule has 0 heterocycles. The Morgan fingerprint density at radius 2 is 2.10 bits per heavy atom. The summed E-state index contributed by atoms with van der Waals surface area (Å²) in [4.78, 5) is 0.194. The van der Waals surface area contributed by atoms with Gasteiger partial charge in [0.1, 0.15) is 0 Å². The standard InChI is InChI=1S/C15H22N2O2S/c1-20(18,19)14-9-5-8-13(15(14)16)17-11-10-12-6-3-2-4-7-12/h5-6,8-9,17H,2-4,7,10-11,16H2,1H3. The summed E-state index contributed by atoms with van der Waals surface area (Å²) in [7, 11) is -3.28. The highest BCUT2D eigenvalue weighted by Crippen LogP contribution is 2.27. The molecular formula is C15H22N2O2S. The molecule has 0 aromatic heterocycles. The molecule has 3 N–H and O–H groups in total. The first kappa shape index (κ1) is 14.9. The van der Waals surface area contributed by atoms with Gasteiger partial charge in [0.2, 0.25) is 0 Å². The van der Waals surface area contributed by atoms with Gasteiger partial charge in [-0.2, -0.15) is 0 Å². The molecule has 0 aliphatic heterocycles. The minimum Gasteiger partial charge on any atom is -0.396 e. The smallest absolute Gasteiger partial charge is 0.177 e. The second kappa shape index (κ2) is 6.31. The molecule has 0 bridgehead atoms. The molecule has 5 heteroatoms. The lowest BCUT2D eigenvalue weighted by molar-refractivity contribution is 0.602. The molecule has 1 aliphatic rings. The van der Waals surface area contributed by atoms with Crippen LogP contribution in [0.2, 0.25) is 0 Å². The van der Waals surface area contributed by atoms with Gasteiger partial charge < -0.3 is 11.1 Å². The highest BCUT2D eigenvalue weighted by molar-refractivity contribution is 7.90. The van der Waals surface area contributed by atoms with E-state index in [9.17, 15) is 8.42 Å². The molecule has 0 atom stereocenters. The highest BCUT2D eigenvalue weighted by atomic mass is 32.2. The summed E-state index contributed by atoms with van der Waals surface area (Å²) in [5.74, 6) is 0. The van der Waals surface area contributed by atoms with Crippen LogP contribution in [-0.4, -0.2) is 21.2 Å². The van der Waals surface area contributed by atoms with Gasteiger partial charge in [-0.3, -0.25) is 0 Å². The summed E-state index contributed by atoms with van der Waals surface area (Å²) in [6.07, 6.45) is 9.42. The normalized spacial score (nSPS) is 15.8. The summed E-state index contributed by atoms with van der Waals surface area (Å²) in [6.45, 7) is 0.781. The maximum Gasteiger partial charge on any atom is 0.177 e. The summed E-state index contributed by atoms with van der Waals surface area (Å²) in [5.41, 5.74) is 8.43. The third kappa shape index (κ3) is 3.76. The Labute approximate surface area is 121 Å². The van der Waals surface area contributed by atoms with Crippen LogP contribution in [0.15, 0.2) is 34.7 Å². The molecule has 1 aliphatic carbocycles. The number of benzene rings is 1. The molecule has 110 valence electrons. The minimum atomic E-state index is -3.28. The van der Waals surface area contributed by atoms with Gasteiger partial charge in [0.25, 0.3) is 0 Å². The number of nitrogen functional groups attached to an aromatic ring is 1. The van der Waals surface area contributed by atoms with Crippen LogP contribution in [-0.2, 0) is 9.84 Å². The molecule has 0 saturated heterocycles. The Balaban J connectivity index is 2.01. The zero-order valence-electron chi connectivity index (χ0n) is 11.9. The van der Waals surface area contributed by atoms with Crippen LogP contribution in [0.3, 0.4) is 0 Å². The van der Waals surface area contributed by atoms with Crippen molar-refractivity contribution in [3.63, 3.8) is 0 Å². The summed E-state index contributed by atoms with van der Waals surface area (Å²) >= 11 is 0. The van der Waals surface area contributed by atoms with Crippen molar-refractivity contribution in [3.8, 4) is 0 Å². The van der Waals surface area contributed by atoms with E-state index in [4.69, 9.17) is 5.73 Å². The lowest BCUT2D eigenvalue weighted by atomic mass is 9.97. The monoisotopic (exact) mass is 294 g/mol. The predicted molar refractivity (Wildman–Crippen MR) is 83.6 cm³/mol. The van der Waals surface area contributed by atoms with Gasteiger partial charge in [-0.05, 0) is 44.2 Å². The molecule has 0 amide bonds.